The molecule has 1 unspecified atom stereocenters. The van der Waals surface area contributed by atoms with Crippen LogP contribution in [0.5, 0.6) is 0 Å². The summed E-state index contributed by atoms with van der Waals surface area (Å²) in [6.45, 7) is 2.86. The van der Waals surface area contributed by atoms with Crippen LogP contribution in [0.2, 0.25) is 5.02 Å². The highest BCUT2D eigenvalue weighted by molar-refractivity contribution is 7.10. The van der Waals surface area contributed by atoms with Crippen molar-refractivity contribution in [2.75, 3.05) is 19.6 Å². The second-order valence-corrected chi connectivity index (χ2v) is 7.61. The average Bonchev–Trinajstić information content (AvgIpc) is 2.98. The van der Waals surface area contributed by atoms with Crippen molar-refractivity contribution in [1.82, 2.24) is 10.2 Å². The lowest BCUT2D eigenvalue weighted by Crippen LogP contribution is -2.38. The van der Waals surface area contributed by atoms with Crippen molar-refractivity contribution in [3.05, 3.63) is 57.2 Å². The average molecular weight is 399 g/mol. The van der Waals surface area contributed by atoms with Gasteiger partial charge in [-0.2, -0.15) is 0 Å². The van der Waals surface area contributed by atoms with Crippen LogP contribution in [-0.4, -0.2) is 30.4 Å². The number of nitrogens with zero attached hydrogens (tertiary/aromatic N) is 1. The van der Waals surface area contributed by atoms with Gasteiger partial charge in [0.25, 0.3) is 5.91 Å². The molecule has 0 bridgehead atoms. The standard InChI is InChI=1S/C19H23ClN2OS.ClH/c20-16-9-7-15(8-10-16)19(23)21-14-17(18-6-5-13-24-18)22-11-3-1-2-4-12-22;/h5-10,13,17H,1-4,11-12,14H2,(H,21,23);1H. The van der Waals surface area contributed by atoms with E-state index >= 15 is 0 Å². The number of thiophene rings is 1. The molecule has 0 aliphatic carbocycles. The summed E-state index contributed by atoms with van der Waals surface area (Å²) < 4.78 is 0. The van der Waals surface area contributed by atoms with Gasteiger partial charge in [-0.15, -0.1) is 23.7 Å². The summed E-state index contributed by atoms with van der Waals surface area (Å²) >= 11 is 7.66. The third kappa shape index (κ3) is 5.71. The van der Waals surface area contributed by atoms with Gasteiger partial charge in [0.15, 0.2) is 0 Å². The van der Waals surface area contributed by atoms with Crippen molar-refractivity contribution >= 4 is 41.3 Å². The summed E-state index contributed by atoms with van der Waals surface area (Å²) in [5.41, 5.74) is 0.653. The van der Waals surface area contributed by atoms with E-state index in [0.29, 0.717) is 17.1 Å². The number of halogens is 2. The molecule has 1 aromatic heterocycles. The fourth-order valence-corrected chi connectivity index (χ4v) is 4.18. The summed E-state index contributed by atoms with van der Waals surface area (Å²) in [6, 6.07) is 11.6. The number of benzene rings is 1. The van der Waals surface area contributed by atoms with Crippen LogP contribution in [0.25, 0.3) is 0 Å². The Labute approximate surface area is 164 Å². The van der Waals surface area contributed by atoms with Crippen LogP contribution in [0, 0.1) is 0 Å². The van der Waals surface area contributed by atoms with E-state index in [2.05, 4.69) is 27.7 Å². The van der Waals surface area contributed by atoms with Crippen LogP contribution in [0.3, 0.4) is 0 Å². The van der Waals surface area contributed by atoms with Crippen molar-refractivity contribution in [2.45, 2.75) is 31.7 Å². The first-order chi connectivity index (χ1) is 11.7. The van der Waals surface area contributed by atoms with E-state index in [1.54, 1.807) is 35.6 Å². The summed E-state index contributed by atoms with van der Waals surface area (Å²) in [6.07, 6.45) is 5.11. The van der Waals surface area contributed by atoms with Crippen molar-refractivity contribution in [2.24, 2.45) is 0 Å². The zero-order chi connectivity index (χ0) is 16.8. The maximum atomic E-state index is 12.4. The zero-order valence-electron chi connectivity index (χ0n) is 14.1. The topological polar surface area (TPSA) is 32.3 Å². The Kier molecular flexibility index (Phi) is 8.24. The second kappa shape index (κ2) is 10.2. The van der Waals surface area contributed by atoms with Gasteiger partial charge in [-0.3, -0.25) is 9.69 Å². The molecule has 2 heterocycles. The molecule has 0 saturated carbocycles. The van der Waals surface area contributed by atoms with E-state index < -0.39 is 0 Å². The second-order valence-electron chi connectivity index (χ2n) is 6.20. The molecular weight excluding hydrogens is 375 g/mol. The van der Waals surface area contributed by atoms with Gasteiger partial charge in [-0.1, -0.05) is 30.5 Å². The molecule has 1 atom stereocenters. The smallest absolute Gasteiger partial charge is 0.251 e. The Hall–Kier alpha value is -1.07. The normalized spacial score (nSPS) is 16.5. The van der Waals surface area contributed by atoms with Crippen LogP contribution < -0.4 is 5.32 Å². The highest BCUT2D eigenvalue weighted by Crippen LogP contribution is 2.27. The summed E-state index contributed by atoms with van der Waals surface area (Å²) in [5.74, 6) is -0.0388. The number of hydrogen-bond acceptors (Lipinski definition) is 3. The van der Waals surface area contributed by atoms with E-state index in [0.717, 1.165) is 13.1 Å². The number of amides is 1. The minimum atomic E-state index is -0.0388. The van der Waals surface area contributed by atoms with Gasteiger partial charge in [0, 0.05) is 22.0 Å². The lowest BCUT2D eigenvalue weighted by Gasteiger charge is -2.30. The Bertz CT molecular complexity index is 638. The quantitative estimate of drug-likeness (QED) is 0.752. The van der Waals surface area contributed by atoms with Gasteiger partial charge >= 0.3 is 0 Å². The summed E-state index contributed by atoms with van der Waals surface area (Å²) in [5, 5.41) is 5.87. The Morgan fingerprint density at radius 3 is 2.40 bits per heavy atom. The number of nitrogens with one attached hydrogen (secondary N) is 1. The van der Waals surface area contributed by atoms with Gasteiger partial charge < -0.3 is 5.32 Å². The number of hydrogen-bond donors (Lipinski definition) is 1. The monoisotopic (exact) mass is 398 g/mol. The predicted octanol–water partition coefficient (Wildman–Crippen LogP) is 5.17. The number of likely N-dealkylation sites (tertiary alicyclic amines) is 1. The largest absolute Gasteiger partial charge is 0.350 e. The first kappa shape index (κ1) is 20.2. The highest BCUT2D eigenvalue weighted by Gasteiger charge is 2.23. The van der Waals surface area contributed by atoms with E-state index in [1.807, 2.05) is 0 Å². The lowest BCUT2D eigenvalue weighted by atomic mass is 10.1. The highest BCUT2D eigenvalue weighted by atomic mass is 35.5. The molecular formula is C19H24Cl2N2OS. The van der Waals surface area contributed by atoms with Crippen LogP contribution >= 0.6 is 35.3 Å². The summed E-state index contributed by atoms with van der Waals surface area (Å²) in [4.78, 5) is 16.3. The zero-order valence-corrected chi connectivity index (χ0v) is 16.5. The Balaban J connectivity index is 0.00000225. The molecule has 1 N–H and O–H groups in total. The van der Waals surface area contributed by atoms with Crippen molar-refractivity contribution < 1.29 is 4.79 Å². The molecule has 1 fully saturated rings. The number of carbonyl (C=O) groups is 1. The van der Waals surface area contributed by atoms with Crippen LogP contribution in [0.4, 0.5) is 0 Å². The van der Waals surface area contributed by atoms with Crippen molar-refractivity contribution in [3.63, 3.8) is 0 Å². The molecule has 2 aromatic rings. The van der Waals surface area contributed by atoms with E-state index in [-0.39, 0.29) is 24.4 Å². The molecule has 1 aliphatic rings. The van der Waals surface area contributed by atoms with E-state index in [9.17, 15) is 4.79 Å². The molecule has 1 aliphatic heterocycles. The SMILES string of the molecule is Cl.O=C(NCC(c1cccs1)N1CCCCCC1)c1ccc(Cl)cc1. The molecule has 1 amide bonds. The van der Waals surface area contributed by atoms with Gasteiger partial charge in [0.2, 0.25) is 0 Å². The van der Waals surface area contributed by atoms with Gasteiger partial charge in [0.1, 0.15) is 0 Å². The molecule has 3 nitrogen and oxygen atoms in total. The summed E-state index contributed by atoms with van der Waals surface area (Å²) in [7, 11) is 0. The van der Waals surface area contributed by atoms with Gasteiger partial charge in [0.05, 0.1) is 6.04 Å². The lowest BCUT2D eigenvalue weighted by molar-refractivity contribution is 0.0934. The van der Waals surface area contributed by atoms with Crippen LogP contribution in [0.1, 0.15) is 47.0 Å². The molecule has 1 aromatic carbocycles. The number of rotatable bonds is 5. The van der Waals surface area contributed by atoms with E-state index in [1.165, 1.54) is 30.6 Å². The fraction of sp³-hybridized carbons (Fsp3) is 0.421. The first-order valence-corrected chi connectivity index (χ1v) is 9.81. The third-order valence-corrected chi connectivity index (χ3v) is 5.74. The Morgan fingerprint density at radius 1 is 1.12 bits per heavy atom. The van der Waals surface area contributed by atoms with Crippen LogP contribution in [-0.2, 0) is 0 Å². The maximum absolute atomic E-state index is 12.4. The van der Waals surface area contributed by atoms with Gasteiger partial charge in [-0.05, 0) is 61.6 Å². The fourth-order valence-electron chi connectivity index (χ4n) is 3.19. The molecule has 0 spiro atoms. The molecule has 25 heavy (non-hydrogen) atoms. The van der Waals surface area contributed by atoms with E-state index in [4.69, 9.17) is 11.6 Å². The van der Waals surface area contributed by atoms with Crippen molar-refractivity contribution in [3.8, 4) is 0 Å². The maximum Gasteiger partial charge on any atom is 0.251 e. The molecule has 0 radical (unpaired) electrons. The minimum Gasteiger partial charge on any atom is -0.350 e. The van der Waals surface area contributed by atoms with Crippen LogP contribution in [0.15, 0.2) is 41.8 Å². The third-order valence-electron chi connectivity index (χ3n) is 4.52. The molecule has 3 rings (SSSR count). The molecule has 1 saturated heterocycles. The first-order valence-electron chi connectivity index (χ1n) is 8.55. The number of carbonyl (C=O) groups excluding carboxylic acids is 1. The minimum absolute atomic E-state index is 0. The van der Waals surface area contributed by atoms with Gasteiger partial charge in [-0.25, -0.2) is 0 Å². The molecule has 6 heteroatoms. The molecule has 136 valence electrons. The Morgan fingerprint density at radius 2 is 1.80 bits per heavy atom. The van der Waals surface area contributed by atoms with Crippen molar-refractivity contribution in [1.29, 1.82) is 0 Å². The predicted molar refractivity (Wildman–Crippen MR) is 108 cm³/mol.